The predicted octanol–water partition coefficient (Wildman–Crippen LogP) is 1.75. The van der Waals surface area contributed by atoms with E-state index < -0.39 is 17.8 Å². The minimum atomic E-state index is -1.07. The average molecular weight is 277 g/mol. The largest absolute Gasteiger partial charge is 0.478 e. The van der Waals surface area contributed by atoms with Crippen LogP contribution in [-0.4, -0.2) is 22.9 Å². The SMILES string of the molecule is O=C(O)c1c(N2C(=O)C=CC2=O)sc2c1CCCC2. The Labute approximate surface area is 113 Å². The Morgan fingerprint density at radius 3 is 2.42 bits per heavy atom. The van der Waals surface area contributed by atoms with Crippen molar-refractivity contribution in [1.82, 2.24) is 0 Å². The average Bonchev–Trinajstić information content (AvgIpc) is 2.89. The lowest BCUT2D eigenvalue weighted by Gasteiger charge is -2.13. The number of fused-ring (bicyclic) bond motifs is 1. The quantitative estimate of drug-likeness (QED) is 0.836. The van der Waals surface area contributed by atoms with Crippen LogP contribution in [0.15, 0.2) is 12.2 Å². The normalized spacial score (nSPS) is 18.0. The number of aryl methyl sites for hydroxylation is 1. The maximum absolute atomic E-state index is 11.7. The Balaban J connectivity index is 2.16. The van der Waals surface area contributed by atoms with Crippen LogP contribution in [0.1, 0.15) is 33.6 Å². The fourth-order valence-corrected chi connectivity index (χ4v) is 3.92. The minimum absolute atomic E-state index is 0.130. The topological polar surface area (TPSA) is 74.7 Å². The number of hydrogen-bond donors (Lipinski definition) is 1. The summed E-state index contributed by atoms with van der Waals surface area (Å²) in [6.07, 6.45) is 5.84. The molecule has 0 saturated heterocycles. The monoisotopic (exact) mass is 277 g/mol. The third kappa shape index (κ3) is 1.79. The Morgan fingerprint density at radius 2 is 1.79 bits per heavy atom. The molecule has 98 valence electrons. The van der Waals surface area contributed by atoms with E-state index in [1.165, 1.54) is 23.5 Å². The molecule has 1 aromatic heterocycles. The van der Waals surface area contributed by atoms with Gasteiger partial charge in [-0.15, -0.1) is 11.3 Å². The zero-order chi connectivity index (χ0) is 13.6. The standard InChI is InChI=1S/C13H11NO4S/c15-9-5-6-10(16)14(9)12-11(13(17)18)7-3-1-2-4-8(7)19-12/h5-6H,1-4H2,(H,17,18). The molecule has 0 aromatic carbocycles. The Morgan fingerprint density at radius 1 is 1.16 bits per heavy atom. The summed E-state index contributed by atoms with van der Waals surface area (Å²) in [5.41, 5.74) is 0.927. The smallest absolute Gasteiger partial charge is 0.339 e. The van der Waals surface area contributed by atoms with E-state index >= 15 is 0 Å². The van der Waals surface area contributed by atoms with Crippen LogP contribution in [0.25, 0.3) is 0 Å². The molecular weight excluding hydrogens is 266 g/mol. The molecule has 1 aliphatic carbocycles. The van der Waals surface area contributed by atoms with Crippen molar-refractivity contribution in [3.05, 3.63) is 28.2 Å². The summed E-state index contributed by atoms with van der Waals surface area (Å²) >= 11 is 1.26. The van der Waals surface area contributed by atoms with Crippen LogP contribution < -0.4 is 4.90 Å². The lowest BCUT2D eigenvalue weighted by Crippen LogP contribution is -2.30. The Kier molecular flexibility index (Phi) is 2.74. The maximum atomic E-state index is 11.7. The third-order valence-electron chi connectivity index (χ3n) is 3.38. The van der Waals surface area contributed by atoms with Crippen molar-refractivity contribution in [2.75, 3.05) is 4.90 Å². The van der Waals surface area contributed by atoms with Crippen LogP contribution >= 0.6 is 11.3 Å². The van der Waals surface area contributed by atoms with E-state index in [9.17, 15) is 19.5 Å². The van der Waals surface area contributed by atoms with Gasteiger partial charge in [-0.3, -0.25) is 9.59 Å². The van der Waals surface area contributed by atoms with Crippen molar-refractivity contribution in [2.45, 2.75) is 25.7 Å². The number of rotatable bonds is 2. The van der Waals surface area contributed by atoms with Gasteiger partial charge in [0.25, 0.3) is 11.8 Å². The van der Waals surface area contributed by atoms with Crippen LogP contribution in [0, 0.1) is 0 Å². The minimum Gasteiger partial charge on any atom is -0.478 e. The summed E-state index contributed by atoms with van der Waals surface area (Å²) in [5.74, 6) is -2.00. The fourth-order valence-electron chi connectivity index (χ4n) is 2.53. The molecular formula is C13H11NO4S. The molecule has 0 unspecified atom stereocenters. The molecule has 6 heteroatoms. The molecule has 2 aliphatic rings. The van der Waals surface area contributed by atoms with E-state index in [1.54, 1.807) is 0 Å². The van der Waals surface area contributed by atoms with E-state index in [0.29, 0.717) is 6.42 Å². The highest BCUT2D eigenvalue weighted by Crippen LogP contribution is 2.41. The lowest BCUT2D eigenvalue weighted by atomic mass is 9.95. The number of anilines is 1. The van der Waals surface area contributed by atoms with Gasteiger partial charge in [-0.2, -0.15) is 0 Å². The fraction of sp³-hybridized carbons (Fsp3) is 0.308. The second kappa shape index (κ2) is 4.31. The number of carbonyl (C=O) groups excluding carboxylic acids is 2. The predicted molar refractivity (Wildman–Crippen MR) is 69.6 cm³/mol. The summed E-state index contributed by atoms with van der Waals surface area (Å²) in [7, 11) is 0. The van der Waals surface area contributed by atoms with Gasteiger partial charge in [0, 0.05) is 17.0 Å². The molecule has 0 spiro atoms. The molecule has 0 radical (unpaired) electrons. The molecule has 3 rings (SSSR count). The summed E-state index contributed by atoms with van der Waals surface area (Å²) in [5, 5.41) is 9.64. The van der Waals surface area contributed by atoms with Crippen molar-refractivity contribution in [3.8, 4) is 0 Å². The van der Waals surface area contributed by atoms with Gasteiger partial charge < -0.3 is 5.11 Å². The number of nitrogens with zero attached hydrogens (tertiary/aromatic N) is 1. The number of aromatic carboxylic acids is 1. The summed E-state index contributed by atoms with van der Waals surface area (Å²) < 4.78 is 0. The number of carboxylic acid groups (broad SMARTS) is 1. The van der Waals surface area contributed by atoms with Crippen LogP contribution in [0.2, 0.25) is 0 Å². The molecule has 1 N–H and O–H groups in total. The van der Waals surface area contributed by atoms with E-state index in [4.69, 9.17) is 0 Å². The van der Waals surface area contributed by atoms with Gasteiger partial charge in [0.2, 0.25) is 0 Å². The van der Waals surface area contributed by atoms with Crippen LogP contribution in [0.4, 0.5) is 5.00 Å². The highest BCUT2D eigenvalue weighted by atomic mass is 32.1. The first-order chi connectivity index (χ1) is 9.09. The highest BCUT2D eigenvalue weighted by molar-refractivity contribution is 7.17. The van der Waals surface area contributed by atoms with E-state index in [1.807, 2.05) is 0 Å². The van der Waals surface area contributed by atoms with E-state index in [-0.39, 0.29) is 10.6 Å². The van der Waals surface area contributed by atoms with Crippen molar-refractivity contribution >= 4 is 34.1 Å². The van der Waals surface area contributed by atoms with Gasteiger partial charge in [0.05, 0.1) is 5.56 Å². The summed E-state index contributed by atoms with van der Waals surface area (Å²) in [6, 6.07) is 0. The van der Waals surface area contributed by atoms with Crippen molar-refractivity contribution < 1.29 is 19.5 Å². The van der Waals surface area contributed by atoms with E-state index in [0.717, 1.165) is 34.6 Å². The van der Waals surface area contributed by atoms with E-state index in [2.05, 4.69) is 0 Å². The zero-order valence-electron chi connectivity index (χ0n) is 10.0. The molecule has 0 atom stereocenters. The van der Waals surface area contributed by atoms with Crippen molar-refractivity contribution in [3.63, 3.8) is 0 Å². The Hall–Kier alpha value is -1.95. The van der Waals surface area contributed by atoms with Gasteiger partial charge in [-0.1, -0.05) is 0 Å². The molecule has 2 amide bonds. The van der Waals surface area contributed by atoms with Crippen LogP contribution in [0.3, 0.4) is 0 Å². The summed E-state index contributed by atoms with van der Waals surface area (Å²) in [4.78, 5) is 36.8. The van der Waals surface area contributed by atoms with Crippen molar-refractivity contribution in [2.24, 2.45) is 0 Å². The number of imide groups is 1. The molecule has 1 aliphatic heterocycles. The van der Waals surface area contributed by atoms with Crippen molar-refractivity contribution in [1.29, 1.82) is 0 Å². The van der Waals surface area contributed by atoms with Gasteiger partial charge >= 0.3 is 5.97 Å². The van der Waals surface area contributed by atoms with Gasteiger partial charge in [-0.05, 0) is 31.2 Å². The first-order valence-electron chi connectivity index (χ1n) is 6.03. The zero-order valence-corrected chi connectivity index (χ0v) is 10.8. The van der Waals surface area contributed by atoms with Crippen LogP contribution in [-0.2, 0) is 22.4 Å². The molecule has 0 saturated carbocycles. The molecule has 19 heavy (non-hydrogen) atoms. The second-order valence-corrected chi connectivity index (χ2v) is 5.63. The first-order valence-corrected chi connectivity index (χ1v) is 6.85. The number of thiophene rings is 1. The third-order valence-corrected chi connectivity index (χ3v) is 4.66. The molecule has 5 nitrogen and oxygen atoms in total. The molecule has 2 heterocycles. The first kappa shape index (κ1) is 12.1. The van der Waals surface area contributed by atoms with Gasteiger partial charge in [-0.25, -0.2) is 9.69 Å². The Bertz CT molecular complexity index is 611. The number of carboxylic acids is 1. The number of hydrogen-bond acceptors (Lipinski definition) is 4. The molecule has 0 fully saturated rings. The lowest BCUT2D eigenvalue weighted by molar-refractivity contribution is -0.119. The second-order valence-electron chi connectivity index (χ2n) is 4.54. The summed E-state index contributed by atoms with van der Waals surface area (Å²) in [6.45, 7) is 0. The number of carbonyl (C=O) groups is 3. The number of amides is 2. The highest BCUT2D eigenvalue weighted by Gasteiger charge is 2.34. The van der Waals surface area contributed by atoms with Crippen LogP contribution in [0.5, 0.6) is 0 Å². The molecule has 0 bridgehead atoms. The van der Waals surface area contributed by atoms with Gasteiger partial charge in [0.15, 0.2) is 0 Å². The van der Waals surface area contributed by atoms with Gasteiger partial charge in [0.1, 0.15) is 5.00 Å². The maximum Gasteiger partial charge on any atom is 0.339 e. The molecule has 1 aromatic rings.